The van der Waals surface area contributed by atoms with E-state index in [4.69, 9.17) is 0 Å². The van der Waals surface area contributed by atoms with Crippen LogP contribution in [0.4, 0.5) is 4.39 Å². The van der Waals surface area contributed by atoms with Gasteiger partial charge in [0.2, 0.25) is 0 Å². The zero-order chi connectivity index (χ0) is 10.7. The van der Waals surface area contributed by atoms with E-state index in [2.05, 4.69) is 9.97 Å². The van der Waals surface area contributed by atoms with Gasteiger partial charge in [-0.05, 0) is 19.1 Å². The molecule has 15 heavy (non-hydrogen) atoms. The van der Waals surface area contributed by atoms with Gasteiger partial charge in [0.25, 0.3) is 0 Å². The predicted octanol–water partition coefficient (Wildman–Crippen LogP) is 3.54. The summed E-state index contributed by atoms with van der Waals surface area (Å²) in [5, 5.41) is 1.85. The maximum Gasteiger partial charge on any atom is 0.159 e. The van der Waals surface area contributed by atoms with Crippen LogP contribution < -0.4 is 0 Å². The van der Waals surface area contributed by atoms with Crippen LogP contribution in [-0.2, 0) is 0 Å². The molecule has 0 amide bonds. The van der Waals surface area contributed by atoms with Crippen molar-refractivity contribution in [3.63, 3.8) is 0 Å². The second kappa shape index (κ2) is 4.31. The maximum absolute atomic E-state index is 13.2. The number of aromatic nitrogens is 2. The predicted molar refractivity (Wildman–Crippen MR) is 60.1 cm³/mol. The molecule has 2 heterocycles. The summed E-state index contributed by atoms with van der Waals surface area (Å²) < 4.78 is 13.2. The summed E-state index contributed by atoms with van der Waals surface area (Å²) in [5.41, 5.74) is 0.854. The second-order valence-electron chi connectivity index (χ2n) is 2.91. The van der Waals surface area contributed by atoms with Gasteiger partial charge in [0, 0.05) is 23.3 Å². The molecule has 0 spiro atoms. The normalized spacial score (nSPS) is 11.7. The van der Waals surface area contributed by atoms with Crippen molar-refractivity contribution in [3.8, 4) is 11.4 Å². The van der Waals surface area contributed by atoms with Crippen molar-refractivity contribution < 1.29 is 4.39 Å². The van der Waals surface area contributed by atoms with Crippen molar-refractivity contribution in [2.75, 3.05) is 0 Å². The number of nitrogens with zero attached hydrogens (tertiary/aromatic N) is 2. The molecule has 0 bridgehead atoms. The van der Waals surface area contributed by atoms with E-state index >= 15 is 0 Å². The van der Waals surface area contributed by atoms with Gasteiger partial charge in [-0.2, -0.15) is 0 Å². The Morgan fingerprint density at radius 2 is 2.13 bits per heavy atom. The SMILES string of the molecule is C/C=C(\F)c1cc(-c2ncccn2)cs1. The van der Waals surface area contributed by atoms with Gasteiger partial charge in [-0.1, -0.05) is 6.08 Å². The number of halogens is 1. The van der Waals surface area contributed by atoms with Crippen LogP contribution in [0.1, 0.15) is 11.8 Å². The highest BCUT2D eigenvalue weighted by Gasteiger charge is 2.06. The summed E-state index contributed by atoms with van der Waals surface area (Å²) in [4.78, 5) is 8.81. The van der Waals surface area contributed by atoms with Gasteiger partial charge in [-0.3, -0.25) is 0 Å². The number of hydrogen-bond acceptors (Lipinski definition) is 3. The van der Waals surface area contributed by atoms with Crippen LogP contribution in [0.15, 0.2) is 36.0 Å². The zero-order valence-corrected chi connectivity index (χ0v) is 8.96. The highest BCUT2D eigenvalue weighted by molar-refractivity contribution is 7.11. The van der Waals surface area contributed by atoms with Crippen LogP contribution in [-0.4, -0.2) is 9.97 Å². The fourth-order valence-electron chi connectivity index (χ4n) is 1.17. The van der Waals surface area contributed by atoms with Gasteiger partial charge in [0.1, 0.15) is 5.83 Å². The van der Waals surface area contributed by atoms with E-state index < -0.39 is 0 Å². The van der Waals surface area contributed by atoms with E-state index in [9.17, 15) is 4.39 Å². The van der Waals surface area contributed by atoms with Crippen molar-refractivity contribution in [3.05, 3.63) is 40.9 Å². The summed E-state index contributed by atoms with van der Waals surface area (Å²) in [7, 11) is 0. The zero-order valence-electron chi connectivity index (χ0n) is 8.14. The first kappa shape index (κ1) is 9.98. The summed E-state index contributed by atoms with van der Waals surface area (Å²) >= 11 is 1.35. The summed E-state index contributed by atoms with van der Waals surface area (Å²) in [6, 6.07) is 3.51. The third kappa shape index (κ3) is 2.10. The fourth-order valence-corrected chi connectivity index (χ4v) is 2.02. The van der Waals surface area contributed by atoms with Crippen LogP contribution >= 0.6 is 11.3 Å². The Kier molecular flexibility index (Phi) is 2.87. The molecule has 0 aromatic carbocycles. The van der Waals surface area contributed by atoms with Gasteiger partial charge in [0.15, 0.2) is 5.82 Å². The first-order valence-electron chi connectivity index (χ1n) is 4.49. The average Bonchev–Trinajstić information content (AvgIpc) is 2.78. The Hall–Kier alpha value is -1.55. The topological polar surface area (TPSA) is 25.8 Å². The van der Waals surface area contributed by atoms with Gasteiger partial charge in [-0.15, -0.1) is 11.3 Å². The molecular formula is C11H9FN2S. The molecule has 2 aromatic heterocycles. The molecule has 0 atom stereocenters. The van der Waals surface area contributed by atoms with E-state index in [-0.39, 0.29) is 5.83 Å². The van der Waals surface area contributed by atoms with Crippen molar-refractivity contribution in [2.24, 2.45) is 0 Å². The molecule has 0 saturated heterocycles. The number of rotatable bonds is 2. The Morgan fingerprint density at radius 1 is 1.40 bits per heavy atom. The molecule has 0 fully saturated rings. The molecule has 0 unspecified atom stereocenters. The molecule has 0 aliphatic rings. The first-order chi connectivity index (χ1) is 7.31. The fraction of sp³-hybridized carbons (Fsp3) is 0.0909. The van der Waals surface area contributed by atoms with Gasteiger partial charge in [0.05, 0.1) is 4.88 Å². The van der Waals surface area contributed by atoms with Gasteiger partial charge >= 0.3 is 0 Å². The molecule has 0 N–H and O–H groups in total. The molecule has 2 aromatic rings. The summed E-state index contributed by atoms with van der Waals surface area (Å²) in [6.45, 7) is 1.67. The summed E-state index contributed by atoms with van der Waals surface area (Å²) in [6.07, 6.45) is 4.79. The van der Waals surface area contributed by atoms with Crippen LogP contribution in [0, 0.1) is 0 Å². The van der Waals surface area contributed by atoms with E-state index in [1.54, 1.807) is 31.5 Å². The highest BCUT2D eigenvalue weighted by Crippen LogP contribution is 2.28. The molecule has 0 aliphatic heterocycles. The van der Waals surface area contributed by atoms with E-state index in [0.717, 1.165) is 5.56 Å². The standard InChI is InChI=1S/C11H9FN2S/c1-2-9(12)10-6-8(7-15-10)11-13-4-3-5-14-11/h2-7H,1H3/b9-2-. The number of allylic oxidation sites excluding steroid dienone is 1. The molecule has 4 heteroatoms. The monoisotopic (exact) mass is 220 g/mol. The van der Waals surface area contributed by atoms with Gasteiger partial charge < -0.3 is 0 Å². The van der Waals surface area contributed by atoms with E-state index in [1.165, 1.54) is 17.4 Å². The van der Waals surface area contributed by atoms with Crippen LogP contribution in [0.5, 0.6) is 0 Å². The third-order valence-corrected chi connectivity index (χ3v) is 2.85. The van der Waals surface area contributed by atoms with Crippen LogP contribution in [0.2, 0.25) is 0 Å². The molecule has 2 rings (SSSR count). The van der Waals surface area contributed by atoms with Crippen LogP contribution in [0.3, 0.4) is 0 Å². The minimum atomic E-state index is -0.206. The molecule has 0 aliphatic carbocycles. The van der Waals surface area contributed by atoms with E-state index in [0.29, 0.717) is 10.7 Å². The smallest absolute Gasteiger partial charge is 0.159 e. The molecular weight excluding hydrogens is 211 g/mol. The highest BCUT2D eigenvalue weighted by atomic mass is 32.1. The lowest BCUT2D eigenvalue weighted by Gasteiger charge is -1.92. The maximum atomic E-state index is 13.2. The van der Waals surface area contributed by atoms with E-state index in [1.807, 2.05) is 5.38 Å². The van der Waals surface area contributed by atoms with Crippen LogP contribution in [0.25, 0.3) is 17.2 Å². The van der Waals surface area contributed by atoms with Crippen molar-refractivity contribution in [1.82, 2.24) is 9.97 Å². The Bertz CT molecular complexity index is 476. The number of hydrogen-bond donors (Lipinski definition) is 0. The molecule has 0 radical (unpaired) electrons. The average molecular weight is 220 g/mol. The summed E-state index contributed by atoms with van der Waals surface area (Å²) in [5.74, 6) is 0.422. The first-order valence-corrected chi connectivity index (χ1v) is 5.37. The van der Waals surface area contributed by atoms with Crippen molar-refractivity contribution >= 4 is 17.2 Å². The lowest BCUT2D eigenvalue weighted by Crippen LogP contribution is -1.83. The Balaban J connectivity index is 2.36. The minimum Gasteiger partial charge on any atom is -0.237 e. The molecule has 76 valence electrons. The third-order valence-electron chi connectivity index (χ3n) is 1.91. The second-order valence-corrected chi connectivity index (χ2v) is 3.82. The lowest BCUT2D eigenvalue weighted by molar-refractivity contribution is 0.762. The molecule has 0 saturated carbocycles. The van der Waals surface area contributed by atoms with Crippen molar-refractivity contribution in [2.45, 2.75) is 6.92 Å². The molecule has 2 nitrogen and oxygen atoms in total. The van der Waals surface area contributed by atoms with Crippen molar-refractivity contribution in [1.29, 1.82) is 0 Å². The Labute approximate surface area is 91.1 Å². The Morgan fingerprint density at radius 3 is 2.80 bits per heavy atom. The largest absolute Gasteiger partial charge is 0.237 e. The quantitative estimate of drug-likeness (QED) is 0.773. The van der Waals surface area contributed by atoms with Gasteiger partial charge in [-0.25, -0.2) is 14.4 Å². The lowest BCUT2D eigenvalue weighted by atomic mass is 10.3. The number of thiophene rings is 1. The minimum absolute atomic E-state index is 0.206.